The van der Waals surface area contributed by atoms with Gasteiger partial charge in [0.25, 0.3) is 0 Å². The minimum absolute atomic E-state index is 0.0626. The zero-order chi connectivity index (χ0) is 16.6. The maximum Gasteiger partial charge on any atom is 0.225 e. The van der Waals surface area contributed by atoms with Crippen LogP contribution >= 0.6 is 15.9 Å². The smallest absolute Gasteiger partial charge is 0.225 e. The second-order valence-electron chi connectivity index (χ2n) is 5.70. The first-order valence-corrected chi connectivity index (χ1v) is 8.32. The van der Waals surface area contributed by atoms with E-state index in [9.17, 15) is 9.59 Å². The number of hydrogen-bond acceptors (Lipinski definition) is 4. The molecule has 23 heavy (non-hydrogen) atoms. The van der Waals surface area contributed by atoms with Crippen LogP contribution in [0.5, 0.6) is 11.5 Å². The normalized spacial score (nSPS) is 20.9. The molecule has 0 radical (unpaired) electrons. The first-order chi connectivity index (χ1) is 11.0. The minimum atomic E-state index is -0.288. The molecule has 1 aliphatic carbocycles. The Morgan fingerprint density at radius 1 is 1.13 bits per heavy atom. The molecule has 1 amide bonds. The van der Waals surface area contributed by atoms with Crippen LogP contribution in [0.15, 0.2) is 27.9 Å². The summed E-state index contributed by atoms with van der Waals surface area (Å²) < 4.78 is 11.6. The van der Waals surface area contributed by atoms with Crippen LogP contribution in [0.1, 0.15) is 37.2 Å². The van der Waals surface area contributed by atoms with Crippen molar-refractivity contribution in [1.29, 1.82) is 0 Å². The number of Topliss-reactive ketones (excluding diaryl/α,β-unsaturated/α-hetero) is 1. The van der Waals surface area contributed by atoms with Crippen molar-refractivity contribution in [2.45, 2.75) is 31.6 Å². The molecule has 1 atom stereocenters. The molecule has 2 aliphatic rings. The maximum atomic E-state index is 12.4. The van der Waals surface area contributed by atoms with Crippen molar-refractivity contribution < 1.29 is 19.1 Å². The summed E-state index contributed by atoms with van der Waals surface area (Å²) in [6.45, 7) is 0. The minimum Gasteiger partial charge on any atom is -0.496 e. The molecular formula is C17H18BrNO4. The van der Waals surface area contributed by atoms with Crippen LogP contribution in [0.25, 0.3) is 0 Å². The molecule has 0 spiro atoms. The molecule has 6 heteroatoms. The Morgan fingerprint density at radius 3 is 2.57 bits per heavy atom. The number of nitrogens with one attached hydrogen (secondary N) is 1. The highest BCUT2D eigenvalue weighted by atomic mass is 79.9. The van der Waals surface area contributed by atoms with E-state index in [0.717, 1.165) is 34.1 Å². The van der Waals surface area contributed by atoms with E-state index in [1.807, 2.05) is 12.1 Å². The summed E-state index contributed by atoms with van der Waals surface area (Å²) in [5.74, 6) is 1.05. The lowest BCUT2D eigenvalue weighted by Crippen LogP contribution is -2.36. The molecule has 0 unspecified atom stereocenters. The molecule has 1 aromatic carbocycles. The van der Waals surface area contributed by atoms with Crippen molar-refractivity contribution in [2.24, 2.45) is 0 Å². The van der Waals surface area contributed by atoms with Crippen LogP contribution in [0.2, 0.25) is 0 Å². The van der Waals surface area contributed by atoms with Crippen molar-refractivity contribution in [1.82, 2.24) is 5.32 Å². The third-order valence-electron chi connectivity index (χ3n) is 4.36. The standard InChI is InChI=1S/C17H18BrNO4/c1-22-14-8-11(18)15(23-2)6-9(14)10-7-16(21)19-12-4-3-5-13(20)17(10)12/h6,8,10H,3-5,7H2,1-2H3,(H,19,21)/t10-/m0/s1. The summed E-state index contributed by atoms with van der Waals surface area (Å²) in [6, 6.07) is 3.66. The maximum absolute atomic E-state index is 12.4. The van der Waals surface area contributed by atoms with Gasteiger partial charge < -0.3 is 14.8 Å². The number of carbonyl (C=O) groups excluding carboxylic acids is 2. The van der Waals surface area contributed by atoms with E-state index in [0.29, 0.717) is 17.9 Å². The molecule has 0 saturated carbocycles. The lowest BCUT2D eigenvalue weighted by molar-refractivity contribution is -0.122. The Bertz CT molecular complexity index is 711. The van der Waals surface area contributed by atoms with Gasteiger partial charge in [-0.15, -0.1) is 0 Å². The summed E-state index contributed by atoms with van der Waals surface area (Å²) in [5, 5.41) is 2.86. The first kappa shape index (κ1) is 16.1. The highest BCUT2D eigenvalue weighted by Gasteiger charge is 2.36. The molecule has 1 heterocycles. The predicted molar refractivity (Wildman–Crippen MR) is 88.6 cm³/mol. The molecule has 1 aliphatic heterocycles. The van der Waals surface area contributed by atoms with Crippen LogP contribution in [-0.2, 0) is 9.59 Å². The number of halogens is 1. The monoisotopic (exact) mass is 379 g/mol. The molecule has 0 bridgehead atoms. The Labute approximate surface area is 143 Å². The van der Waals surface area contributed by atoms with Crippen LogP contribution in [0.3, 0.4) is 0 Å². The van der Waals surface area contributed by atoms with Gasteiger partial charge in [-0.3, -0.25) is 9.59 Å². The van der Waals surface area contributed by atoms with Crippen molar-refractivity contribution in [3.05, 3.63) is 33.4 Å². The number of methoxy groups -OCH3 is 2. The summed E-state index contributed by atoms with van der Waals surface area (Å²) in [5.41, 5.74) is 2.30. The predicted octanol–water partition coefficient (Wildman–Crippen LogP) is 3.08. The van der Waals surface area contributed by atoms with Gasteiger partial charge in [-0.1, -0.05) is 0 Å². The van der Waals surface area contributed by atoms with Crippen molar-refractivity contribution >= 4 is 27.6 Å². The number of ether oxygens (including phenoxy) is 2. The van der Waals surface area contributed by atoms with Gasteiger partial charge >= 0.3 is 0 Å². The summed E-state index contributed by atoms with van der Waals surface area (Å²) in [4.78, 5) is 24.5. The molecule has 122 valence electrons. The Kier molecular flexibility index (Phi) is 4.43. The molecule has 1 N–H and O–H groups in total. The van der Waals surface area contributed by atoms with E-state index in [4.69, 9.17) is 9.47 Å². The number of amides is 1. The van der Waals surface area contributed by atoms with E-state index in [-0.39, 0.29) is 24.0 Å². The average Bonchev–Trinajstić information content (AvgIpc) is 2.53. The van der Waals surface area contributed by atoms with E-state index in [1.165, 1.54) is 0 Å². The van der Waals surface area contributed by atoms with Gasteiger partial charge in [0.05, 0.1) is 18.7 Å². The number of benzene rings is 1. The Balaban J connectivity index is 2.16. The fraction of sp³-hybridized carbons (Fsp3) is 0.412. The van der Waals surface area contributed by atoms with Crippen LogP contribution in [-0.4, -0.2) is 25.9 Å². The van der Waals surface area contributed by atoms with Crippen molar-refractivity contribution in [3.8, 4) is 11.5 Å². The number of allylic oxidation sites excluding steroid dienone is 2. The second-order valence-corrected chi connectivity index (χ2v) is 6.56. The number of ketones is 1. The molecule has 1 aromatic rings. The number of rotatable bonds is 3. The van der Waals surface area contributed by atoms with Crippen LogP contribution in [0.4, 0.5) is 0 Å². The zero-order valence-corrected chi connectivity index (χ0v) is 14.7. The van der Waals surface area contributed by atoms with Gasteiger partial charge in [-0.2, -0.15) is 0 Å². The zero-order valence-electron chi connectivity index (χ0n) is 13.1. The highest BCUT2D eigenvalue weighted by Crippen LogP contribution is 2.44. The van der Waals surface area contributed by atoms with Gasteiger partial charge in [0.1, 0.15) is 11.5 Å². The third-order valence-corrected chi connectivity index (χ3v) is 4.98. The Morgan fingerprint density at radius 2 is 1.87 bits per heavy atom. The van der Waals surface area contributed by atoms with Crippen molar-refractivity contribution in [3.63, 3.8) is 0 Å². The quantitative estimate of drug-likeness (QED) is 0.876. The van der Waals surface area contributed by atoms with Gasteiger partial charge in [-0.25, -0.2) is 0 Å². The number of hydrogen-bond donors (Lipinski definition) is 1. The molecule has 0 aromatic heterocycles. The summed E-state index contributed by atoms with van der Waals surface area (Å²) in [7, 11) is 3.17. The summed E-state index contributed by atoms with van der Waals surface area (Å²) in [6.07, 6.45) is 2.29. The topological polar surface area (TPSA) is 64.6 Å². The van der Waals surface area contributed by atoms with Gasteiger partial charge in [0.2, 0.25) is 5.91 Å². The largest absolute Gasteiger partial charge is 0.496 e. The lowest BCUT2D eigenvalue weighted by atomic mass is 9.77. The Hall–Kier alpha value is -1.82. The number of carbonyl (C=O) groups is 2. The average molecular weight is 380 g/mol. The van der Waals surface area contributed by atoms with E-state index in [1.54, 1.807) is 14.2 Å². The lowest BCUT2D eigenvalue weighted by Gasteiger charge is -2.32. The van der Waals surface area contributed by atoms with Gasteiger partial charge in [0, 0.05) is 35.6 Å². The molecular weight excluding hydrogens is 362 g/mol. The molecule has 0 saturated heterocycles. The van der Waals surface area contributed by atoms with Crippen LogP contribution < -0.4 is 14.8 Å². The van der Waals surface area contributed by atoms with Crippen LogP contribution in [0, 0.1) is 0 Å². The molecule has 5 nitrogen and oxygen atoms in total. The van der Waals surface area contributed by atoms with Crippen molar-refractivity contribution in [2.75, 3.05) is 14.2 Å². The van der Waals surface area contributed by atoms with E-state index < -0.39 is 0 Å². The molecule has 0 fully saturated rings. The molecule has 3 rings (SSSR count). The first-order valence-electron chi connectivity index (χ1n) is 7.52. The highest BCUT2D eigenvalue weighted by molar-refractivity contribution is 9.10. The SMILES string of the molecule is COc1cc([C@@H]2CC(=O)NC3=C2C(=O)CCC3)c(OC)cc1Br. The fourth-order valence-corrected chi connectivity index (χ4v) is 3.81. The van der Waals surface area contributed by atoms with E-state index in [2.05, 4.69) is 21.2 Å². The van der Waals surface area contributed by atoms with E-state index >= 15 is 0 Å². The van der Waals surface area contributed by atoms with Gasteiger partial charge in [-0.05, 0) is 40.9 Å². The third kappa shape index (κ3) is 2.87. The second kappa shape index (κ2) is 6.35. The fourth-order valence-electron chi connectivity index (χ4n) is 3.33. The summed E-state index contributed by atoms with van der Waals surface area (Å²) >= 11 is 3.44. The van der Waals surface area contributed by atoms with Gasteiger partial charge in [0.15, 0.2) is 5.78 Å².